The van der Waals surface area contributed by atoms with Crippen LogP contribution in [0, 0.1) is 12.4 Å². The van der Waals surface area contributed by atoms with Crippen molar-refractivity contribution in [2.24, 2.45) is 0 Å². The van der Waals surface area contributed by atoms with Crippen molar-refractivity contribution in [2.75, 3.05) is 19.7 Å². The van der Waals surface area contributed by atoms with Gasteiger partial charge in [0.1, 0.15) is 33.9 Å². The Kier molecular flexibility index (Phi) is 5.94. The van der Waals surface area contributed by atoms with Crippen molar-refractivity contribution < 1.29 is 40.9 Å². The van der Waals surface area contributed by atoms with Crippen LogP contribution in [0.4, 0.5) is 23.2 Å². The number of rotatable bonds is 5. The topological polar surface area (TPSA) is 104 Å². The van der Waals surface area contributed by atoms with Gasteiger partial charge < -0.3 is 14.9 Å². The highest BCUT2D eigenvalue weighted by atomic mass is 32.2. The van der Waals surface area contributed by atoms with E-state index in [1.54, 1.807) is 0 Å². The van der Waals surface area contributed by atoms with E-state index in [9.17, 15) is 36.2 Å². The maximum Gasteiger partial charge on any atom is 0.433 e. The number of β-amino-alcohol motifs (C(OH)–C–C–N with tert-alkyl or cyclic N) is 1. The number of hydrogen-bond donors (Lipinski definition) is 2. The summed E-state index contributed by atoms with van der Waals surface area (Å²) >= 11 is 0. The molecular formula is C18H15F4N3O5S. The predicted molar refractivity (Wildman–Crippen MR) is 97.1 cm³/mol. The van der Waals surface area contributed by atoms with Crippen molar-refractivity contribution in [3.8, 4) is 5.75 Å². The lowest BCUT2D eigenvalue weighted by molar-refractivity contribution is -0.141. The number of halogens is 4. The normalized spacial score (nSPS) is 22.3. The third-order valence-corrected chi connectivity index (χ3v) is 6.47. The molecule has 1 aliphatic rings. The number of aromatic nitrogens is 1. The zero-order valence-electron chi connectivity index (χ0n) is 15.5. The molecule has 1 aromatic heterocycles. The second kappa shape index (κ2) is 8.04. The fourth-order valence-corrected chi connectivity index (χ4v) is 4.42. The molecule has 1 aromatic carbocycles. The van der Waals surface area contributed by atoms with Crippen LogP contribution in [0.3, 0.4) is 0 Å². The third kappa shape index (κ3) is 4.47. The van der Waals surface area contributed by atoms with Gasteiger partial charge in [-0.1, -0.05) is 0 Å². The van der Waals surface area contributed by atoms with E-state index in [2.05, 4.69) is 9.83 Å². The summed E-state index contributed by atoms with van der Waals surface area (Å²) in [6, 6.07) is 4.49. The van der Waals surface area contributed by atoms with Gasteiger partial charge >= 0.3 is 6.18 Å². The second-order valence-corrected chi connectivity index (χ2v) is 8.71. The van der Waals surface area contributed by atoms with Crippen molar-refractivity contribution in [2.45, 2.75) is 22.8 Å². The highest BCUT2D eigenvalue weighted by Gasteiger charge is 2.51. The molecule has 2 atom stereocenters. The van der Waals surface area contributed by atoms with E-state index in [-0.39, 0.29) is 11.4 Å². The molecule has 0 saturated carbocycles. The van der Waals surface area contributed by atoms with E-state index in [1.807, 2.05) is 0 Å². The second-order valence-electron chi connectivity index (χ2n) is 6.77. The van der Waals surface area contributed by atoms with Crippen molar-refractivity contribution in [3.05, 3.63) is 59.5 Å². The molecule has 8 nitrogen and oxygen atoms in total. The zero-order chi connectivity index (χ0) is 23.0. The average Bonchev–Trinajstić information content (AvgIpc) is 3.05. The van der Waals surface area contributed by atoms with Crippen LogP contribution in [0.15, 0.2) is 41.4 Å². The quantitative estimate of drug-likeness (QED) is 0.521. The summed E-state index contributed by atoms with van der Waals surface area (Å²) in [4.78, 5) is 5.52. The van der Waals surface area contributed by atoms with Crippen LogP contribution in [-0.2, 0) is 16.2 Å². The van der Waals surface area contributed by atoms with Crippen LogP contribution in [0.25, 0.3) is 4.85 Å². The van der Waals surface area contributed by atoms with E-state index in [1.165, 1.54) is 6.07 Å². The van der Waals surface area contributed by atoms with Crippen LogP contribution >= 0.6 is 0 Å². The standard InChI is InChI=1S/C18H15F4N3O5S/c1-23-14-4-2-11(6-13(14)19)30-16-8-25(9-17(16,27)10-26)31(28,29)12-3-5-15(24-7-12)18(20,21)22/h2-7,16,26-27H,8-10H2/t16-,17+/m0/s1. The van der Waals surface area contributed by atoms with Gasteiger partial charge in [-0.05, 0) is 24.3 Å². The molecule has 0 bridgehead atoms. The van der Waals surface area contributed by atoms with E-state index < -0.39 is 64.0 Å². The van der Waals surface area contributed by atoms with E-state index in [0.29, 0.717) is 12.3 Å². The minimum atomic E-state index is -4.75. The van der Waals surface area contributed by atoms with Crippen molar-refractivity contribution in [1.29, 1.82) is 0 Å². The fraction of sp³-hybridized carbons (Fsp3) is 0.333. The van der Waals surface area contributed by atoms with E-state index >= 15 is 0 Å². The minimum absolute atomic E-state index is 0.114. The summed E-state index contributed by atoms with van der Waals surface area (Å²) in [6.45, 7) is 4.82. The SMILES string of the molecule is [C-]#[N+]c1ccc(O[C@H]2CN(S(=O)(=O)c3ccc(C(F)(F)F)nc3)C[C@@]2(O)CO)cc1F. The first-order valence-electron chi connectivity index (χ1n) is 8.61. The van der Waals surface area contributed by atoms with Crippen LogP contribution in [0.2, 0.25) is 0 Å². The molecule has 1 saturated heterocycles. The average molecular weight is 461 g/mol. The van der Waals surface area contributed by atoms with Gasteiger partial charge in [0, 0.05) is 18.8 Å². The van der Waals surface area contributed by atoms with Gasteiger partial charge in [0.05, 0.1) is 19.7 Å². The Labute approximate surface area is 174 Å². The molecule has 2 aromatic rings. The molecule has 1 aliphatic heterocycles. The molecule has 13 heteroatoms. The number of benzene rings is 1. The van der Waals surface area contributed by atoms with Crippen LogP contribution in [-0.4, -0.2) is 59.3 Å². The Bertz CT molecular complexity index is 1120. The van der Waals surface area contributed by atoms with Crippen LogP contribution in [0.5, 0.6) is 5.75 Å². The van der Waals surface area contributed by atoms with Gasteiger partial charge in [0.2, 0.25) is 15.7 Å². The van der Waals surface area contributed by atoms with Gasteiger partial charge in [-0.15, -0.1) is 0 Å². The van der Waals surface area contributed by atoms with Crippen molar-refractivity contribution in [1.82, 2.24) is 9.29 Å². The largest absolute Gasteiger partial charge is 0.486 e. The molecule has 2 N–H and O–H groups in total. The molecule has 1 fully saturated rings. The number of aliphatic hydroxyl groups is 2. The summed E-state index contributed by atoms with van der Waals surface area (Å²) in [6.07, 6.45) is -5.53. The summed E-state index contributed by atoms with van der Waals surface area (Å²) < 4.78 is 83.6. The Morgan fingerprint density at radius 1 is 1.32 bits per heavy atom. The molecule has 3 rings (SSSR count). The van der Waals surface area contributed by atoms with Gasteiger partial charge in [0.25, 0.3) is 0 Å². The lowest BCUT2D eigenvalue weighted by Gasteiger charge is -2.27. The summed E-state index contributed by atoms with van der Waals surface area (Å²) in [5, 5.41) is 20.2. The maximum absolute atomic E-state index is 13.8. The fourth-order valence-electron chi connectivity index (χ4n) is 2.97. The Morgan fingerprint density at radius 3 is 2.55 bits per heavy atom. The number of aliphatic hydroxyl groups excluding tert-OH is 1. The molecule has 0 radical (unpaired) electrons. The van der Waals surface area contributed by atoms with Crippen LogP contribution < -0.4 is 4.74 Å². The molecule has 2 heterocycles. The Hall–Kier alpha value is -2.79. The van der Waals surface area contributed by atoms with Gasteiger partial charge in [-0.2, -0.15) is 17.5 Å². The van der Waals surface area contributed by atoms with Gasteiger partial charge in [-0.25, -0.2) is 17.7 Å². The summed E-state index contributed by atoms with van der Waals surface area (Å²) in [5.74, 6) is -1.00. The summed E-state index contributed by atoms with van der Waals surface area (Å²) in [7, 11) is -4.39. The van der Waals surface area contributed by atoms with E-state index in [4.69, 9.17) is 11.3 Å². The molecule has 166 valence electrons. The molecule has 0 unspecified atom stereocenters. The molecule has 31 heavy (non-hydrogen) atoms. The number of ether oxygens (including phenoxy) is 1. The molecular weight excluding hydrogens is 446 g/mol. The number of sulfonamides is 1. The Morgan fingerprint density at radius 2 is 2.03 bits per heavy atom. The Balaban J connectivity index is 1.85. The maximum atomic E-state index is 13.8. The van der Waals surface area contributed by atoms with Gasteiger partial charge in [0.15, 0.2) is 0 Å². The molecule has 0 aliphatic carbocycles. The first kappa shape index (κ1) is 22.9. The number of hydrogen-bond acceptors (Lipinski definition) is 6. The number of pyridine rings is 1. The highest BCUT2D eigenvalue weighted by molar-refractivity contribution is 7.89. The number of alkyl halides is 3. The van der Waals surface area contributed by atoms with Crippen molar-refractivity contribution in [3.63, 3.8) is 0 Å². The molecule has 0 amide bonds. The zero-order valence-corrected chi connectivity index (χ0v) is 16.4. The third-order valence-electron chi connectivity index (χ3n) is 4.68. The summed E-state index contributed by atoms with van der Waals surface area (Å²) in [5.41, 5.74) is -3.61. The first-order valence-corrected chi connectivity index (χ1v) is 10.0. The lowest BCUT2D eigenvalue weighted by atomic mass is 10.0. The van der Waals surface area contributed by atoms with E-state index in [0.717, 1.165) is 22.5 Å². The lowest BCUT2D eigenvalue weighted by Crippen LogP contribution is -2.48. The predicted octanol–water partition coefficient (Wildman–Crippen LogP) is 1.97. The first-order chi connectivity index (χ1) is 14.4. The molecule has 0 spiro atoms. The van der Waals surface area contributed by atoms with Gasteiger partial charge in [-0.3, -0.25) is 4.98 Å². The minimum Gasteiger partial charge on any atom is -0.486 e. The monoisotopic (exact) mass is 461 g/mol. The smallest absolute Gasteiger partial charge is 0.433 e. The van der Waals surface area contributed by atoms with Crippen molar-refractivity contribution >= 4 is 15.7 Å². The van der Waals surface area contributed by atoms with Crippen LogP contribution in [0.1, 0.15) is 5.69 Å². The number of nitrogens with zero attached hydrogens (tertiary/aromatic N) is 3. The highest BCUT2D eigenvalue weighted by Crippen LogP contribution is 2.33.